The van der Waals surface area contributed by atoms with Crippen LogP contribution in [0.1, 0.15) is 104 Å². The Labute approximate surface area is 167 Å². The van der Waals surface area contributed by atoms with Crippen LogP contribution in [0.3, 0.4) is 0 Å². The minimum Gasteiger partial charge on any atom is -0.459 e. The fraction of sp³-hybridized carbons (Fsp3) is 0.880. The summed E-state index contributed by atoms with van der Waals surface area (Å²) in [7, 11) is 0. The Bertz CT molecular complexity index is 510. The summed E-state index contributed by atoms with van der Waals surface area (Å²) in [5, 5.41) is 0. The second kappa shape index (κ2) is 9.61. The summed E-state index contributed by atoms with van der Waals surface area (Å²) < 4.78 is 6.44. The van der Waals surface area contributed by atoms with Crippen LogP contribution in [0.15, 0.2) is 12.2 Å². The molecule has 0 spiro atoms. The number of ether oxygens (including phenoxy) is 1. The van der Waals surface area contributed by atoms with Crippen LogP contribution < -0.4 is 0 Å². The van der Waals surface area contributed by atoms with Gasteiger partial charge in [0.25, 0.3) is 0 Å². The summed E-state index contributed by atoms with van der Waals surface area (Å²) in [5.41, 5.74) is -0.125. The first-order valence-electron chi connectivity index (χ1n) is 12.0. The maximum atomic E-state index is 13.1. The minimum absolute atomic E-state index is 0.108. The molecular weight excluding hydrogens is 332 g/mol. The molecule has 0 aromatic rings. The highest BCUT2D eigenvalue weighted by Gasteiger charge is 2.62. The molecule has 2 heteroatoms. The molecular formula is C25H42O2. The van der Waals surface area contributed by atoms with Gasteiger partial charge in [-0.3, -0.25) is 4.79 Å². The summed E-state index contributed by atoms with van der Waals surface area (Å²) in [4.78, 5) is 13.1. The molecule has 2 nitrogen and oxygen atoms in total. The van der Waals surface area contributed by atoms with Gasteiger partial charge >= 0.3 is 5.97 Å². The molecule has 0 amide bonds. The van der Waals surface area contributed by atoms with E-state index in [9.17, 15) is 4.79 Å². The van der Waals surface area contributed by atoms with Crippen molar-refractivity contribution in [2.45, 2.75) is 110 Å². The highest BCUT2D eigenvalue weighted by atomic mass is 16.6. The topological polar surface area (TPSA) is 26.3 Å². The maximum absolute atomic E-state index is 13.1. The van der Waals surface area contributed by atoms with Gasteiger partial charge in [0.1, 0.15) is 5.60 Å². The first kappa shape index (κ1) is 20.9. The third-order valence-corrected chi connectivity index (χ3v) is 8.01. The Morgan fingerprint density at radius 2 is 1.85 bits per heavy atom. The van der Waals surface area contributed by atoms with Crippen molar-refractivity contribution in [1.82, 2.24) is 0 Å². The summed E-state index contributed by atoms with van der Waals surface area (Å²) in [6.07, 6.45) is 19.9. The van der Waals surface area contributed by atoms with E-state index in [-0.39, 0.29) is 17.5 Å². The van der Waals surface area contributed by atoms with Crippen molar-refractivity contribution in [2.24, 2.45) is 29.6 Å². The van der Waals surface area contributed by atoms with E-state index in [1.807, 2.05) is 0 Å². The van der Waals surface area contributed by atoms with Crippen molar-refractivity contribution in [3.8, 4) is 0 Å². The van der Waals surface area contributed by atoms with E-state index < -0.39 is 0 Å². The number of carbonyl (C=O) groups is 1. The largest absolute Gasteiger partial charge is 0.459 e. The molecule has 3 saturated carbocycles. The molecule has 3 aliphatic carbocycles. The Morgan fingerprint density at radius 3 is 2.59 bits per heavy atom. The van der Waals surface area contributed by atoms with E-state index in [1.54, 1.807) is 0 Å². The van der Waals surface area contributed by atoms with Crippen LogP contribution in [-0.4, -0.2) is 11.6 Å². The van der Waals surface area contributed by atoms with E-state index in [0.717, 1.165) is 62.7 Å². The van der Waals surface area contributed by atoms with E-state index in [4.69, 9.17) is 4.74 Å². The number of hydrogen-bond donors (Lipinski definition) is 0. The molecule has 0 radical (unpaired) electrons. The number of hydrogen-bond acceptors (Lipinski definition) is 2. The van der Waals surface area contributed by atoms with Crippen LogP contribution in [-0.2, 0) is 9.53 Å². The normalized spacial score (nSPS) is 35.7. The molecule has 154 valence electrons. The summed E-state index contributed by atoms with van der Waals surface area (Å²) in [6.45, 7) is 6.66. The van der Waals surface area contributed by atoms with E-state index in [1.165, 1.54) is 38.5 Å². The average molecular weight is 375 g/mol. The van der Waals surface area contributed by atoms with Crippen LogP contribution in [0.25, 0.3) is 0 Å². The lowest BCUT2D eigenvalue weighted by Crippen LogP contribution is -2.45. The molecule has 0 aromatic carbocycles. The number of unbranched alkanes of at least 4 members (excludes halogenated alkanes) is 2. The molecule has 27 heavy (non-hydrogen) atoms. The van der Waals surface area contributed by atoms with Gasteiger partial charge in [-0.05, 0) is 82.0 Å². The molecule has 0 heterocycles. The van der Waals surface area contributed by atoms with E-state index in [2.05, 4.69) is 32.9 Å². The van der Waals surface area contributed by atoms with Gasteiger partial charge in [0.05, 0.1) is 5.92 Å². The predicted octanol–water partition coefficient (Wildman–Crippen LogP) is 7.08. The van der Waals surface area contributed by atoms with Crippen molar-refractivity contribution in [3.63, 3.8) is 0 Å². The zero-order valence-corrected chi connectivity index (χ0v) is 18.1. The summed E-state index contributed by atoms with van der Waals surface area (Å²) >= 11 is 0. The van der Waals surface area contributed by atoms with E-state index >= 15 is 0 Å². The standard InChI is InChI=1S/C25H42O2/c1-4-7-8-9-10-11-14-19(13-5-2)24(26)27-25(6-3)18-20-17-23(25)22-16-12-15-21(20)22/h8-9,19-23H,4-7,10-18H2,1-3H3. The van der Waals surface area contributed by atoms with Crippen LogP contribution in [0.4, 0.5) is 0 Å². The fourth-order valence-corrected chi connectivity index (χ4v) is 6.71. The second-order valence-corrected chi connectivity index (χ2v) is 9.58. The number of carbonyl (C=O) groups excluding carboxylic acids is 1. The zero-order valence-electron chi connectivity index (χ0n) is 18.1. The van der Waals surface area contributed by atoms with E-state index in [0.29, 0.717) is 5.92 Å². The lowest BCUT2D eigenvalue weighted by molar-refractivity contribution is -0.176. The minimum atomic E-state index is -0.125. The van der Waals surface area contributed by atoms with Crippen molar-refractivity contribution >= 4 is 5.97 Å². The smallest absolute Gasteiger partial charge is 0.309 e. The third-order valence-electron chi connectivity index (χ3n) is 8.01. The fourth-order valence-electron chi connectivity index (χ4n) is 6.71. The quantitative estimate of drug-likeness (QED) is 0.219. The van der Waals surface area contributed by atoms with Gasteiger partial charge in [0.15, 0.2) is 0 Å². The highest BCUT2D eigenvalue weighted by Crippen LogP contribution is 2.64. The highest BCUT2D eigenvalue weighted by molar-refractivity contribution is 5.73. The third kappa shape index (κ3) is 4.46. The van der Waals surface area contributed by atoms with Crippen molar-refractivity contribution in [2.75, 3.05) is 0 Å². The summed E-state index contributed by atoms with van der Waals surface area (Å²) in [5.74, 6) is 3.53. The van der Waals surface area contributed by atoms with Crippen molar-refractivity contribution in [3.05, 3.63) is 12.2 Å². The van der Waals surface area contributed by atoms with Gasteiger partial charge < -0.3 is 4.74 Å². The van der Waals surface area contributed by atoms with Gasteiger partial charge in [-0.15, -0.1) is 0 Å². The Kier molecular flexibility index (Phi) is 7.45. The van der Waals surface area contributed by atoms with Crippen molar-refractivity contribution in [1.29, 1.82) is 0 Å². The predicted molar refractivity (Wildman–Crippen MR) is 112 cm³/mol. The number of fused-ring (bicyclic) bond motifs is 5. The first-order valence-corrected chi connectivity index (χ1v) is 12.0. The van der Waals surface area contributed by atoms with Crippen LogP contribution in [0.2, 0.25) is 0 Å². The SMILES string of the molecule is CCCC=CCCCC(CCC)C(=O)OC1(CC)CC2CC1C1CCCC21. The Balaban J connectivity index is 1.56. The van der Waals surface area contributed by atoms with Gasteiger partial charge in [0, 0.05) is 5.92 Å². The molecule has 6 atom stereocenters. The molecule has 0 aromatic heterocycles. The summed E-state index contributed by atoms with van der Waals surface area (Å²) in [6, 6.07) is 0. The number of esters is 1. The lowest BCUT2D eigenvalue weighted by Gasteiger charge is -2.42. The first-order chi connectivity index (χ1) is 13.1. The number of rotatable bonds is 11. The average Bonchev–Trinajstić information content (AvgIpc) is 3.35. The van der Waals surface area contributed by atoms with Crippen LogP contribution in [0.5, 0.6) is 0 Å². The molecule has 0 saturated heterocycles. The van der Waals surface area contributed by atoms with Gasteiger partial charge in [-0.1, -0.05) is 52.2 Å². The molecule has 2 bridgehead atoms. The molecule has 0 N–H and O–H groups in total. The maximum Gasteiger partial charge on any atom is 0.309 e. The van der Waals surface area contributed by atoms with Crippen molar-refractivity contribution < 1.29 is 9.53 Å². The monoisotopic (exact) mass is 374 g/mol. The van der Waals surface area contributed by atoms with Crippen LogP contribution >= 0.6 is 0 Å². The van der Waals surface area contributed by atoms with Gasteiger partial charge in [-0.25, -0.2) is 0 Å². The van der Waals surface area contributed by atoms with Gasteiger partial charge in [-0.2, -0.15) is 0 Å². The Hall–Kier alpha value is -0.790. The molecule has 3 fully saturated rings. The Morgan fingerprint density at radius 1 is 1.07 bits per heavy atom. The second-order valence-electron chi connectivity index (χ2n) is 9.58. The molecule has 3 rings (SSSR count). The van der Waals surface area contributed by atoms with Crippen LogP contribution in [0, 0.1) is 29.6 Å². The number of allylic oxidation sites excluding steroid dienone is 2. The molecule has 3 aliphatic rings. The lowest BCUT2D eigenvalue weighted by atomic mass is 9.71. The van der Waals surface area contributed by atoms with Gasteiger partial charge in [0.2, 0.25) is 0 Å². The zero-order chi connectivity index (χ0) is 19.3. The molecule has 0 aliphatic heterocycles. The molecule has 6 unspecified atom stereocenters.